The zero-order valence-corrected chi connectivity index (χ0v) is 15.9. The van der Waals surface area contributed by atoms with Gasteiger partial charge in [-0.25, -0.2) is 4.39 Å². The van der Waals surface area contributed by atoms with Gasteiger partial charge in [-0.15, -0.1) is 0 Å². The number of nitrogens with zero attached hydrogens (tertiary/aromatic N) is 1. The average molecular weight is 376 g/mol. The van der Waals surface area contributed by atoms with Crippen molar-refractivity contribution in [1.29, 1.82) is 0 Å². The molecule has 4 heteroatoms. The summed E-state index contributed by atoms with van der Waals surface area (Å²) in [5.74, 6) is 0.0186. The fourth-order valence-corrected chi connectivity index (χ4v) is 3.88. The van der Waals surface area contributed by atoms with Gasteiger partial charge < -0.3 is 5.32 Å². The molecule has 28 heavy (non-hydrogen) atoms. The number of rotatable bonds is 5. The number of carbonyl (C=O) groups excluding carboxylic acids is 1. The summed E-state index contributed by atoms with van der Waals surface area (Å²) in [7, 11) is 0. The van der Waals surface area contributed by atoms with Crippen LogP contribution in [0.2, 0.25) is 0 Å². The second-order valence-corrected chi connectivity index (χ2v) is 7.58. The van der Waals surface area contributed by atoms with Gasteiger partial charge >= 0.3 is 0 Å². The monoisotopic (exact) mass is 376 g/mol. The van der Waals surface area contributed by atoms with Crippen LogP contribution in [-0.4, -0.2) is 23.9 Å². The molecule has 1 amide bonds. The molecule has 3 aromatic carbocycles. The molecule has 0 unspecified atom stereocenters. The van der Waals surface area contributed by atoms with Crippen LogP contribution < -0.4 is 5.32 Å². The van der Waals surface area contributed by atoms with Crippen molar-refractivity contribution in [3.8, 4) is 0 Å². The maximum Gasteiger partial charge on any atom is 0.223 e. The number of carbonyl (C=O) groups is 1. The number of fused-ring (bicyclic) bond motifs is 1. The van der Waals surface area contributed by atoms with Crippen molar-refractivity contribution in [2.75, 3.05) is 13.1 Å². The number of benzene rings is 3. The SMILES string of the molecule is O=C(NCc1ccc2ccccc2c1)C1CCN(Cc2ccc(F)cc2)CC1. The number of hydrogen-bond acceptors (Lipinski definition) is 2. The first kappa shape index (κ1) is 18.6. The van der Waals surface area contributed by atoms with Crippen molar-refractivity contribution in [3.63, 3.8) is 0 Å². The van der Waals surface area contributed by atoms with E-state index in [1.165, 1.54) is 22.9 Å². The van der Waals surface area contributed by atoms with Gasteiger partial charge in [0, 0.05) is 19.0 Å². The van der Waals surface area contributed by atoms with E-state index in [-0.39, 0.29) is 17.6 Å². The Kier molecular flexibility index (Phi) is 5.68. The van der Waals surface area contributed by atoms with Crippen molar-refractivity contribution in [2.24, 2.45) is 5.92 Å². The van der Waals surface area contributed by atoms with Crippen LogP contribution in [-0.2, 0) is 17.9 Å². The Morgan fingerprint density at radius 3 is 2.36 bits per heavy atom. The Labute approximate surface area is 165 Å². The van der Waals surface area contributed by atoms with Crippen LogP contribution in [0.25, 0.3) is 10.8 Å². The van der Waals surface area contributed by atoms with E-state index in [2.05, 4.69) is 40.5 Å². The van der Waals surface area contributed by atoms with E-state index in [0.717, 1.165) is 43.6 Å². The highest BCUT2D eigenvalue weighted by molar-refractivity contribution is 5.83. The van der Waals surface area contributed by atoms with Crippen molar-refractivity contribution >= 4 is 16.7 Å². The molecule has 0 bridgehead atoms. The summed E-state index contributed by atoms with van der Waals surface area (Å²) >= 11 is 0. The lowest BCUT2D eigenvalue weighted by molar-refractivity contribution is -0.126. The minimum absolute atomic E-state index is 0.0740. The first-order valence-corrected chi connectivity index (χ1v) is 9.89. The van der Waals surface area contributed by atoms with Crippen LogP contribution in [0.3, 0.4) is 0 Å². The van der Waals surface area contributed by atoms with Crippen LogP contribution in [0.4, 0.5) is 4.39 Å². The first-order chi connectivity index (χ1) is 13.7. The van der Waals surface area contributed by atoms with Gasteiger partial charge in [0.1, 0.15) is 5.82 Å². The van der Waals surface area contributed by atoms with Crippen LogP contribution in [0.5, 0.6) is 0 Å². The topological polar surface area (TPSA) is 32.3 Å². The van der Waals surface area contributed by atoms with Gasteiger partial charge in [0.05, 0.1) is 0 Å². The molecule has 4 rings (SSSR count). The van der Waals surface area contributed by atoms with E-state index in [1.54, 1.807) is 0 Å². The Balaban J connectivity index is 1.26. The third-order valence-electron chi connectivity index (χ3n) is 5.56. The second kappa shape index (κ2) is 8.53. The molecule has 0 spiro atoms. The van der Waals surface area contributed by atoms with Gasteiger partial charge in [0.15, 0.2) is 0 Å². The Hall–Kier alpha value is -2.72. The Bertz CT molecular complexity index is 946. The molecule has 3 aromatic rings. The highest BCUT2D eigenvalue weighted by Crippen LogP contribution is 2.20. The lowest BCUT2D eigenvalue weighted by Crippen LogP contribution is -2.40. The molecule has 1 aliphatic heterocycles. The van der Waals surface area contributed by atoms with Crippen molar-refractivity contribution in [1.82, 2.24) is 10.2 Å². The highest BCUT2D eigenvalue weighted by Gasteiger charge is 2.24. The largest absolute Gasteiger partial charge is 0.352 e. The van der Waals surface area contributed by atoms with Crippen LogP contribution in [0, 0.1) is 11.7 Å². The summed E-state index contributed by atoms with van der Waals surface area (Å²) in [5, 5.41) is 5.52. The number of hydrogen-bond donors (Lipinski definition) is 1. The molecule has 0 radical (unpaired) electrons. The smallest absolute Gasteiger partial charge is 0.223 e. The molecule has 1 aliphatic rings. The van der Waals surface area contributed by atoms with E-state index < -0.39 is 0 Å². The van der Waals surface area contributed by atoms with E-state index in [4.69, 9.17) is 0 Å². The summed E-state index contributed by atoms with van der Waals surface area (Å²) in [6.45, 7) is 3.17. The second-order valence-electron chi connectivity index (χ2n) is 7.58. The van der Waals surface area contributed by atoms with Crippen LogP contribution in [0.1, 0.15) is 24.0 Å². The van der Waals surface area contributed by atoms with Crippen LogP contribution in [0.15, 0.2) is 66.7 Å². The van der Waals surface area contributed by atoms with Crippen molar-refractivity contribution in [2.45, 2.75) is 25.9 Å². The average Bonchev–Trinajstić information content (AvgIpc) is 2.74. The molecular formula is C24H25FN2O. The molecule has 3 nitrogen and oxygen atoms in total. The summed E-state index contributed by atoms with van der Waals surface area (Å²) in [6, 6.07) is 21.2. The van der Waals surface area contributed by atoms with Gasteiger partial charge in [-0.05, 0) is 66.0 Å². The Morgan fingerprint density at radius 2 is 1.61 bits per heavy atom. The van der Waals surface area contributed by atoms with Gasteiger partial charge in [0.25, 0.3) is 0 Å². The fourth-order valence-electron chi connectivity index (χ4n) is 3.88. The van der Waals surface area contributed by atoms with Crippen LogP contribution >= 0.6 is 0 Å². The fraction of sp³-hybridized carbons (Fsp3) is 0.292. The van der Waals surface area contributed by atoms with Gasteiger partial charge in [-0.3, -0.25) is 9.69 Å². The normalized spacial score (nSPS) is 15.6. The first-order valence-electron chi connectivity index (χ1n) is 9.89. The maximum absolute atomic E-state index is 13.0. The Morgan fingerprint density at radius 1 is 0.929 bits per heavy atom. The molecule has 0 aromatic heterocycles. The lowest BCUT2D eigenvalue weighted by atomic mass is 9.95. The number of nitrogens with one attached hydrogen (secondary N) is 1. The third kappa shape index (κ3) is 4.57. The molecule has 1 N–H and O–H groups in total. The van der Waals surface area contributed by atoms with E-state index in [0.29, 0.717) is 6.54 Å². The number of amides is 1. The molecule has 1 fully saturated rings. The lowest BCUT2D eigenvalue weighted by Gasteiger charge is -2.31. The molecule has 1 saturated heterocycles. The van der Waals surface area contributed by atoms with Gasteiger partial charge in [0.2, 0.25) is 5.91 Å². The summed E-state index contributed by atoms with van der Waals surface area (Å²) in [6.07, 6.45) is 1.73. The minimum atomic E-state index is -0.203. The molecule has 0 aliphatic carbocycles. The van der Waals surface area contributed by atoms with Crippen molar-refractivity contribution in [3.05, 3.63) is 83.7 Å². The number of halogens is 1. The molecular weight excluding hydrogens is 351 g/mol. The van der Waals surface area contributed by atoms with E-state index in [1.807, 2.05) is 24.3 Å². The molecule has 1 heterocycles. The minimum Gasteiger partial charge on any atom is -0.352 e. The third-order valence-corrected chi connectivity index (χ3v) is 5.56. The zero-order valence-electron chi connectivity index (χ0n) is 15.9. The predicted molar refractivity (Wildman–Crippen MR) is 110 cm³/mol. The summed E-state index contributed by atoms with van der Waals surface area (Å²) in [4.78, 5) is 14.9. The standard InChI is InChI=1S/C24H25FN2O/c25-23-9-6-18(7-10-23)17-27-13-11-21(12-14-27)24(28)26-16-19-5-8-20-3-1-2-4-22(20)15-19/h1-10,15,21H,11-14,16-17H2,(H,26,28). The van der Waals surface area contributed by atoms with Gasteiger partial charge in [-0.1, -0.05) is 48.5 Å². The molecule has 0 saturated carbocycles. The molecule has 0 atom stereocenters. The predicted octanol–water partition coefficient (Wildman–Crippen LogP) is 4.51. The highest BCUT2D eigenvalue weighted by atomic mass is 19.1. The van der Waals surface area contributed by atoms with Crippen molar-refractivity contribution < 1.29 is 9.18 Å². The summed E-state index contributed by atoms with van der Waals surface area (Å²) < 4.78 is 13.0. The number of likely N-dealkylation sites (tertiary alicyclic amines) is 1. The zero-order chi connectivity index (χ0) is 19.3. The summed E-state index contributed by atoms with van der Waals surface area (Å²) in [5.41, 5.74) is 2.24. The van der Waals surface area contributed by atoms with E-state index in [9.17, 15) is 9.18 Å². The van der Waals surface area contributed by atoms with E-state index >= 15 is 0 Å². The maximum atomic E-state index is 13.0. The quantitative estimate of drug-likeness (QED) is 0.711. The number of piperidine rings is 1. The molecule has 144 valence electrons. The van der Waals surface area contributed by atoms with Gasteiger partial charge in [-0.2, -0.15) is 0 Å².